The van der Waals surface area contributed by atoms with Crippen molar-refractivity contribution in [2.45, 2.75) is 44.6 Å². The minimum absolute atomic E-state index is 0.0838. The normalized spacial score (nSPS) is 19.5. The van der Waals surface area contributed by atoms with Crippen LogP contribution in [0.1, 0.15) is 29.7 Å². The number of hydrogen-bond acceptors (Lipinski definition) is 6. The van der Waals surface area contributed by atoms with Crippen LogP contribution in [0.3, 0.4) is 0 Å². The van der Waals surface area contributed by atoms with Crippen molar-refractivity contribution in [3.63, 3.8) is 0 Å². The van der Waals surface area contributed by atoms with Crippen molar-refractivity contribution in [1.82, 2.24) is 14.8 Å². The molecule has 0 aliphatic carbocycles. The Bertz CT molecular complexity index is 1060. The van der Waals surface area contributed by atoms with E-state index in [4.69, 9.17) is 14.7 Å². The number of likely N-dealkylation sites (tertiary alicyclic amines) is 1. The SMILES string of the molecule is Cc1ccc(CN2CCC3(CC(C(=O)N(C)Cc4ccccn4)=NO3)C2)cc1.O=C(O)C(F)(F)F. The van der Waals surface area contributed by atoms with Crippen LogP contribution in [-0.4, -0.2) is 69.4 Å². The third kappa shape index (κ3) is 7.25. The molecule has 1 N–H and O–H groups in total. The summed E-state index contributed by atoms with van der Waals surface area (Å²) in [6, 6.07) is 14.3. The fraction of sp³-hybridized carbons (Fsp3) is 0.417. The number of rotatable bonds is 5. The second-order valence-corrected chi connectivity index (χ2v) is 8.72. The number of nitrogens with zero attached hydrogens (tertiary/aromatic N) is 4. The first kappa shape index (κ1) is 26.1. The number of hydrogen-bond donors (Lipinski definition) is 1. The zero-order valence-electron chi connectivity index (χ0n) is 19.5. The third-order valence-electron chi connectivity index (χ3n) is 5.72. The predicted molar refractivity (Wildman–Crippen MR) is 121 cm³/mol. The van der Waals surface area contributed by atoms with Gasteiger partial charge in [0.25, 0.3) is 5.91 Å². The number of aryl methyl sites for hydroxylation is 1. The molecule has 3 heterocycles. The molecule has 8 nitrogen and oxygen atoms in total. The average Bonchev–Trinajstić information content (AvgIpc) is 3.41. The quantitative estimate of drug-likeness (QED) is 0.688. The van der Waals surface area contributed by atoms with Crippen LogP contribution in [-0.2, 0) is 27.5 Å². The second kappa shape index (κ2) is 10.9. The van der Waals surface area contributed by atoms with Crippen molar-refractivity contribution in [2.24, 2.45) is 5.16 Å². The monoisotopic (exact) mass is 492 g/mol. The summed E-state index contributed by atoms with van der Waals surface area (Å²) in [7, 11) is 1.78. The van der Waals surface area contributed by atoms with Crippen LogP contribution in [0.2, 0.25) is 0 Å². The summed E-state index contributed by atoms with van der Waals surface area (Å²) in [5.74, 6) is -2.84. The second-order valence-electron chi connectivity index (χ2n) is 8.72. The van der Waals surface area contributed by atoms with Crippen molar-refractivity contribution < 1.29 is 32.7 Å². The molecule has 1 unspecified atom stereocenters. The summed E-state index contributed by atoms with van der Waals surface area (Å²) in [5, 5.41) is 11.3. The highest BCUT2D eigenvalue weighted by Crippen LogP contribution is 2.35. The number of carboxylic acids is 1. The lowest BCUT2D eigenvalue weighted by molar-refractivity contribution is -0.192. The van der Waals surface area contributed by atoms with Crippen molar-refractivity contribution in [1.29, 1.82) is 0 Å². The van der Waals surface area contributed by atoms with Gasteiger partial charge in [0.05, 0.1) is 12.2 Å². The molecule has 0 saturated carbocycles. The third-order valence-corrected chi connectivity index (χ3v) is 5.72. The van der Waals surface area contributed by atoms with E-state index >= 15 is 0 Å². The molecule has 4 rings (SSSR count). The number of carbonyl (C=O) groups excluding carboxylic acids is 1. The smallest absolute Gasteiger partial charge is 0.475 e. The number of benzene rings is 1. The van der Waals surface area contributed by atoms with Crippen LogP contribution in [0.5, 0.6) is 0 Å². The van der Waals surface area contributed by atoms with Gasteiger partial charge in [0, 0.05) is 45.7 Å². The van der Waals surface area contributed by atoms with Crippen molar-refractivity contribution in [3.05, 3.63) is 65.5 Å². The van der Waals surface area contributed by atoms with Gasteiger partial charge in [0.15, 0.2) is 5.60 Å². The van der Waals surface area contributed by atoms with Crippen LogP contribution < -0.4 is 0 Å². The highest BCUT2D eigenvalue weighted by atomic mass is 19.4. The van der Waals surface area contributed by atoms with Crippen LogP contribution in [0.25, 0.3) is 0 Å². The lowest BCUT2D eigenvalue weighted by atomic mass is 9.96. The van der Waals surface area contributed by atoms with Gasteiger partial charge in [0.1, 0.15) is 5.71 Å². The van der Waals surface area contributed by atoms with Gasteiger partial charge in [-0.25, -0.2) is 4.79 Å². The standard InChI is InChI=1S/C22H26N4O2.C2HF3O2/c1-17-6-8-18(9-7-17)14-26-12-10-22(16-26)13-20(24-28-22)21(27)25(2)15-19-5-3-4-11-23-19;3-2(4,5)1(6)7/h3-9,11H,10,12-16H2,1-2H3;(H,6,7). The number of carboxylic acid groups (broad SMARTS) is 1. The Kier molecular flexibility index (Phi) is 8.11. The molecule has 1 aromatic carbocycles. The molecule has 2 aliphatic rings. The van der Waals surface area contributed by atoms with Crippen LogP contribution in [0.15, 0.2) is 53.8 Å². The molecule has 2 aliphatic heterocycles. The maximum absolute atomic E-state index is 12.8. The molecule has 1 fully saturated rings. The summed E-state index contributed by atoms with van der Waals surface area (Å²) in [4.78, 5) is 35.8. The molecule has 2 aromatic rings. The minimum Gasteiger partial charge on any atom is -0.475 e. The molecular weight excluding hydrogens is 465 g/mol. The zero-order valence-corrected chi connectivity index (χ0v) is 19.5. The topological polar surface area (TPSA) is 95.3 Å². The van der Waals surface area contributed by atoms with Gasteiger partial charge in [-0.1, -0.05) is 41.1 Å². The van der Waals surface area contributed by atoms with E-state index in [9.17, 15) is 18.0 Å². The van der Waals surface area contributed by atoms with Crippen LogP contribution >= 0.6 is 0 Å². The van der Waals surface area contributed by atoms with Crippen molar-refractivity contribution in [3.8, 4) is 0 Å². The summed E-state index contributed by atoms with van der Waals surface area (Å²) in [6.45, 7) is 5.21. The number of aromatic nitrogens is 1. The number of pyridine rings is 1. The number of oxime groups is 1. The molecule has 1 spiro atoms. The van der Waals surface area contributed by atoms with Gasteiger partial charge >= 0.3 is 12.1 Å². The van der Waals surface area contributed by atoms with E-state index in [2.05, 4.69) is 46.2 Å². The Morgan fingerprint density at radius 3 is 2.49 bits per heavy atom. The Labute approximate surface area is 201 Å². The first-order valence-electron chi connectivity index (χ1n) is 11.0. The summed E-state index contributed by atoms with van der Waals surface area (Å²) in [6.07, 6.45) is -1.88. The molecule has 11 heteroatoms. The highest BCUT2D eigenvalue weighted by molar-refractivity contribution is 6.39. The molecule has 35 heavy (non-hydrogen) atoms. The first-order valence-corrected chi connectivity index (χ1v) is 11.0. The van der Waals surface area contributed by atoms with Crippen molar-refractivity contribution in [2.75, 3.05) is 20.1 Å². The number of aliphatic carboxylic acids is 1. The van der Waals surface area contributed by atoms with Gasteiger partial charge in [-0.3, -0.25) is 14.7 Å². The Morgan fingerprint density at radius 1 is 1.20 bits per heavy atom. The molecule has 1 amide bonds. The van der Waals surface area contributed by atoms with Gasteiger partial charge in [-0.2, -0.15) is 13.2 Å². The van der Waals surface area contributed by atoms with E-state index < -0.39 is 12.1 Å². The van der Waals surface area contributed by atoms with E-state index in [-0.39, 0.29) is 11.5 Å². The molecule has 0 bridgehead atoms. The molecule has 1 aromatic heterocycles. The van der Waals surface area contributed by atoms with Gasteiger partial charge in [-0.05, 0) is 24.6 Å². The Morgan fingerprint density at radius 2 is 1.89 bits per heavy atom. The summed E-state index contributed by atoms with van der Waals surface area (Å²) < 4.78 is 31.7. The van der Waals surface area contributed by atoms with E-state index in [1.807, 2.05) is 18.2 Å². The maximum atomic E-state index is 12.8. The summed E-state index contributed by atoms with van der Waals surface area (Å²) >= 11 is 0. The molecule has 1 saturated heterocycles. The molecule has 1 atom stereocenters. The molecule has 0 radical (unpaired) electrons. The fourth-order valence-electron chi connectivity index (χ4n) is 3.90. The van der Waals surface area contributed by atoms with E-state index in [0.717, 1.165) is 31.7 Å². The maximum Gasteiger partial charge on any atom is 0.490 e. The highest BCUT2D eigenvalue weighted by Gasteiger charge is 2.47. The largest absolute Gasteiger partial charge is 0.490 e. The van der Waals surface area contributed by atoms with Gasteiger partial charge < -0.3 is 14.8 Å². The van der Waals surface area contributed by atoms with Crippen LogP contribution in [0, 0.1) is 6.92 Å². The zero-order chi connectivity index (χ0) is 25.6. The number of amides is 1. The van der Waals surface area contributed by atoms with E-state index in [1.54, 1.807) is 18.1 Å². The minimum atomic E-state index is -5.08. The summed E-state index contributed by atoms with van der Waals surface area (Å²) in [5.41, 5.74) is 3.58. The predicted octanol–water partition coefficient (Wildman–Crippen LogP) is 3.40. The fourth-order valence-corrected chi connectivity index (χ4v) is 3.90. The molecule has 188 valence electrons. The van der Waals surface area contributed by atoms with E-state index in [1.165, 1.54) is 11.1 Å². The lowest BCUT2D eigenvalue weighted by Gasteiger charge is -2.22. The van der Waals surface area contributed by atoms with Crippen molar-refractivity contribution >= 4 is 17.6 Å². The Hall–Kier alpha value is -3.47. The van der Waals surface area contributed by atoms with Gasteiger partial charge in [0.2, 0.25) is 0 Å². The average molecular weight is 492 g/mol. The van der Waals surface area contributed by atoms with Crippen LogP contribution in [0.4, 0.5) is 13.2 Å². The number of halogens is 3. The number of alkyl halides is 3. The first-order chi connectivity index (χ1) is 16.5. The Balaban J connectivity index is 0.000000429. The lowest BCUT2D eigenvalue weighted by Crippen LogP contribution is -2.37. The number of carbonyl (C=O) groups is 2. The molecular formula is C24H27F3N4O4. The van der Waals surface area contributed by atoms with Gasteiger partial charge in [-0.15, -0.1) is 0 Å². The van der Waals surface area contributed by atoms with E-state index in [0.29, 0.717) is 18.7 Å².